The Morgan fingerprint density at radius 1 is 1.00 bits per heavy atom. The third-order valence-corrected chi connectivity index (χ3v) is 2.44. The SMILES string of the molecule is CC(=O)NCCCCCCCC(=O)N(C)C. The van der Waals surface area contributed by atoms with Crippen molar-refractivity contribution < 1.29 is 9.59 Å². The summed E-state index contributed by atoms with van der Waals surface area (Å²) in [6.07, 6.45) is 6.01. The van der Waals surface area contributed by atoms with Crippen molar-refractivity contribution in [2.45, 2.75) is 45.4 Å². The molecule has 0 aromatic carbocycles. The second kappa shape index (κ2) is 9.19. The van der Waals surface area contributed by atoms with Crippen LogP contribution in [0.3, 0.4) is 0 Å². The fraction of sp³-hybridized carbons (Fsp3) is 0.833. The summed E-state index contributed by atoms with van der Waals surface area (Å²) in [5, 5.41) is 2.77. The standard InChI is InChI=1S/C12H24N2O2/c1-11(15)13-10-8-6-4-5-7-9-12(16)14(2)3/h4-10H2,1-3H3,(H,13,15). The number of unbranched alkanes of at least 4 members (excludes halogenated alkanes) is 4. The van der Waals surface area contributed by atoms with Gasteiger partial charge >= 0.3 is 0 Å². The lowest BCUT2D eigenvalue weighted by molar-refractivity contribution is -0.128. The molecule has 0 fully saturated rings. The van der Waals surface area contributed by atoms with E-state index in [0.29, 0.717) is 6.42 Å². The molecule has 0 saturated carbocycles. The van der Waals surface area contributed by atoms with Crippen LogP contribution in [0, 0.1) is 0 Å². The quantitative estimate of drug-likeness (QED) is 0.641. The van der Waals surface area contributed by atoms with Gasteiger partial charge in [0.2, 0.25) is 11.8 Å². The highest BCUT2D eigenvalue weighted by Gasteiger charge is 2.02. The number of nitrogens with one attached hydrogen (secondary N) is 1. The summed E-state index contributed by atoms with van der Waals surface area (Å²) < 4.78 is 0. The van der Waals surface area contributed by atoms with E-state index in [1.54, 1.807) is 19.0 Å². The molecule has 0 aromatic rings. The molecule has 2 amide bonds. The fourth-order valence-corrected chi connectivity index (χ4v) is 1.42. The monoisotopic (exact) mass is 228 g/mol. The van der Waals surface area contributed by atoms with Gasteiger partial charge in [-0.3, -0.25) is 9.59 Å². The van der Waals surface area contributed by atoms with Crippen LogP contribution < -0.4 is 5.32 Å². The van der Waals surface area contributed by atoms with Gasteiger partial charge in [-0.25, -0.2) is 0 Å². The lowest BCUT2D eigenvalue weighted by Crippen LogP contribution is -2.21. The van der Waals surface area contributed by atoms with Gasteiger partial charge < -0.3 is 10.2 Å². The van der Waals surface area contributed by atoms with E-state index >= 15 is 0 Å². The molecule has 0 unspecified atom stereocenters. The molecule has 0 aliphatic rings. The highest BCUT2D eigenvalue weighted by Crippen LogP contribution is 2.05. The number of nitrogens with zero attached hydrogens (tertiary/aromatic N) is 1. The van der Waals surface area contributed by atoms with Gasteiger partial charge in [-0.15, -0.1) is 0 Å². The summed E-state index contributed by atoms with van der Waals surface area (Å²) in [4.78, 5) is 23.4. The molecule has 4 nitrogen and oxygen atoms in total. The van der Waals surface area contributed by atoms with Crippen LogP contribution in [0.1, 0.15) is 45.4 Å². The average molecular weight is 228 g/mol. The van der Waals surface area contributed by atoms with Crippen LogP contribution in [0.25, 0.3) is 0 Å². The second-order valence-electron chi connectivity index (χ2n) is 4.29. The molecule has 0 aromatic heterocycles. The minimum absolute atomic E-state index is 0.0385. The molecule has 4 heteroatoms. The number of amides is 2. The molecule has 0 rings (SSSR count). The van der Waals surface area contributed by atoms with Crippen LogP contribution in [-0.4, -0.2) is 37.4 Å². The normalized spacial score (nSPS) is 9.94. The Morgan fingerprint density at radius 3 is 2.12 bits per heavy atom. The van der Waals surface area contributed by atoms with E-state index < -0.39 is 0 Å². The Kier molecular flexibility index (Phi) is 8.58. The van der Waals surface area contributed by atoms with E-state index in [-0.39, 0.29) is 11.8 Å². The molecule has 16 heavy (non-hydrogen) atoms. The van der Waals surface area contributed by atoms with Gasteiger partial charge in [0.15, 0.2) is 0 Å². The first-order chi connectivity index (χ1) is 7.54. The highest BCUT2D eigenvalue weighted by atomic mass is 16.2. The molecule has 0 atom stereocenters. The number of carbonyl (C=O) groups excluding carboxylic acids is 2. The van der Waals surface area contributed by atoms with E-state index in [1.165, 1.54) is 6.92 Å². The summed E-state index contributed by atoms with van der Waals surface area (Å²) in [5.41, 5.74) is 0. The molecule has 94 valence electrons. The number of carbonyl (C=O) groups is 2. The number of rotatable bonds is 8. The summed E-state index contributed by atoms with van der Waals surface area (Å²) in [6, 6.07) is 0. The van der Waals surface area contributed by atoms with Gasteiger partial charge in [0.1, 0.15) is 0 Å². The first kappa shape index (κ1) is 14.9. The zero-order chi connectivity index (χ0) is 12.4. The fourth-order valence-electron chi connectivity index (χ4n) is 1.42. The van der Waals surface area contributed by atoms with E-state index in [2.05, 4.69) is 5.32 Å². The maximum Gasteiger partial charge on any atom is 0.222 e. The van der Waals surface area contributed by atoms with Crippen LogP contribution in [-0.2, 0) is 9.59 Å². The van der Waals surface area contributed by atoms with Crippen molar-refractivity contribution in [2.75, 3.05) is 20.6 Å². The van der Waals surface area contributed by atoms with Gasteiger partial charge in [0, 0.05) is 34.0 Å². The average Bonchev–Trinajstić information content (AvgIpc) is 2.21. The molecule has 0 saturated heterocycles. The summed E-state index contributed by atoms with van der Waals surface area (Å²) in [6.45, 7) is 2.30. The second-order valence-corrected chi connectivity index (χ2v) is 4.29. The molecular formula is C12H24N2O2. The van der Waals surface area contributed by atoms with Crippen LogP contribution in [0.4, 0.5) is 0 Å². The minimum atomic E-state index is 0.0385. The summed E-state index contributed by atoms with van der Waals surface area (Å²) in [7, 11) is 3.57. The lowest BCUT2D eigenvalue weighted by Gasteiger charge is -2.09. The molecule has 0 heterocycles. The zero-order valence-corrected chi connectivity index (χ0v) is 10.7. The maximum atomic E-state index is 11.2. The number of hydrogen-bond acceptors (Lipinski definition) is 2. The predicted octanol–water partition coefficient (Wildman–Crippen LogP) is 1.55. The Bertz CT molecular complexity index is 215. The predicted molar refractivity (Wildman–Crippen MR) is 65.1 cm³/mol. The van der Waals surface area contributed by atoms with Gasteiger partial charge in [-0.2, -0.15) is 0 Å². The van der Waals surface area contributed by atoms with Crippen molar-refractivity contribution >= 4 is 11.8 Å². The van der Waals surface area contributed by atoms with Gasteiger partial charge in [-0.05, 0) is 12.8 Å². The molecule has 0 aliphatic carbocycles. The summed E-state index contributed by atoms with van der Waals surface area (Å²) >= 11 is 0. The molecule has 1 N–H and O–H groups in total. The van der Waals surface area contributed by atoms with E-state index in [1.807, 2.05) is 0 Å². The first-order valence-corrected chi connectivity index (χ1v) is 5.98. The van der Waals surface area contributed by atoms with Gasteiger partial charge in [0.05, 0.1) is 0 Å². The highest BCUT2D eigenvalue weighted by molar-refractivity contribution is 5.75. The minimum Gasteiger partial charge on any atom is -0.356 e. The first-order valence-electron chi connectivity index (χ1n) is 5.98. The van der Waals surface area contributed by atoms with Crippen LogP contribution in [0.15, 0.2) is 0 Å². The van der Waals surface area contributed by atoms with E-state index in [0.717, 1.165) is 38.6 Å². The van der Waals surface area contributed by atoms with Gasteiger partial charge in [-0.1, -0.05) is 19.3 Å². The lowest BCUT2D eigenvalue weighted by atomic mass is 10.1. The van der Waals surface area contributed by atoms with Crippen molar-refractivity contribution in [3.8, 4) is 0 Å². The Hall–Kier alpha value is -1.06. The topological polar surface area (TPSA) is 49.4 Å². The summed E-state index contributed by atoms with van der Waals surface area (Å²) in [5.74, 6) is 0.245. The largest absolute Gasteiger partial charge is 0.356 e. The van der Waals surface area contributed by atoms with Gasteiger partial charge in [0.25, 0.3) is 0 Å². The maximum absolute atomic E-state index is 11.2. The molecule has 0 bridgehead atoms. The van der Waals surface area contributed by atoms with Crippen molar-refractivity contribution in [3.63, 3.8) is 0 Å². The zero-order valence-electron chi connectivity index (χ0n) is 10.7. The molecule has 0 radical (unpaired) electrons. The Morgan fingerprint density at radius 2 is 1.56 bits per heavy atom. The third-order valence-electron chi connectivity index (χ3n) is 2.44. The third kappa shape index (κ3) is 9.49. The molecule has 0 aliphatic heterocycles. The van der Waals surface area contributed by atoms with Crippen molar-refractivity contribution in [2.24, 2.45) is 0 Å². The Labute approximate surface area is 98.4 Å². The van der Waals surface area contributed by atoms with Crippen LogP contribution in [0.5, 0.6) is 0 Å². The molecule has 0 spiro atoms. The number of hydrogen-bond donors (Lipinski definition) is 1. The van der Waals surface area contributed by atoms with Crippen LogP contribution in [0.2, 0.25) is 0 Å². The van der Waals surface area contributed by atoms with E-state index in [4.69, 9.17) is 0 Å². The van der Waals surface area contributed by atoms with E-state index in [9.17, 15) is 9.59 Å². The van der Waals surface area contributed by atoms with Crippen molar-refractivity contribution in [1.29, 1.82) is 0 Å². The smallest absolute Gasteiger partial charge is 0.222 e. The van der Waals surface area contributed by atoms with Crippen molar-refractivity contribution in [1.82, 2.24) is 10.2 Å². The van der Waals surface area contributed by atoms with Crippen LogP contribution >= 0.6 is 0 Å². The van der Waals surface area contributed by atoms with Crippen molar-refractivity contribution in [3.05, 3.63) is 0 Å². The Balaban J connectivity index is 3.16. The molecular weight excluding hydrogens is 204 g/mol.